The molecule has 0 saturated carbocycles. The quantitative estimate of drug-likeness (QED) is 0.0793. The molecule has 10 nitrogen and oxygen atoms in total. The zero-order valence-electron chi connectivity index (χ0n) is 28.3. The monoisotopic (exact) mass is 766 g/mol. The molecular formula is C34H35F9N4O6. The number of hydrogen-bond donors (Lipinski definition) is 3. The fourth-order valence-corrected chi connectivity index (χ4v) is 5.66. The van der Waals surface area contributed by atoms with Crippen LogP contribution in [0.4, 0.5) is 51.1 Å². The van der Waals surface area contributed by atoms with Crippen molar-refractivity contribution in [3.05, 3.63) is 76.1 Å². The first-order valence-corrected chi connectivity index (χ1v) is 16.2. The minimum atomic E-state index is -5.12. The molecule has 1 aliphatic rings. The second kappa shape index (κ2) is 16.5. The molecule has 0 fully saturated rings. The number of unbranched alkanes of at least 4 members (excludes halogenated alkanes) is 1. The fourth-order valence-electron chi connectivity index (χ4n) is 5.66. The minimum Gasteiger partial charge on any atom is -0.488 e. The topological polar surface area (TPSA) is 132 Å². The predicted molar refractivity (Wildman–Crippen MR) is 170 cm³/mol. The molecule has 1 aromatic heterocycles. The summed E-state index contributed by atoms with van der Waals surface area (Å²) in [6.07, 6.45) is -14.3. The molecule has 4 rings (SSSR count). The van der Waals surface area contributed by atoms with E-state index in [0.717, 1.165) is 24.4 Å². The maximum atomic E-state index is 13.8. The summed E-state index contributed by atoms with van der Waals surface area (Å²) in [6, 6.07) is 2.75. The summed E-state index contributed by atoms with van der Waals surface area (Å²) in [5.41, 5.74) is -6.01. The van der Waals surface area contributed by atoms with Crippen molar-refractivity contribution in [3.63, 3.8) is 0 Å². The Hall–Kier alpha value is -4.81. The average Bonchev–Trinajstić information content (AvgIpc) is 3.07. The Kier molecular flexibility index (Phi) is 12.7. The average molecular weight is 767 g/mol. The number of aliphatic carboxylic acids is 1. The van der Waals surface area contributed by atoms with Crippen LogP contribution in [0.25, 0.3) is 0 Å². The number of alkyl halides is 9. The summed E-state index contributed by atoms with van der Waals surface area (Å²) in [5, 5.41) is 14.7. The number of nitrogens with one attached hydrogen (secondary N) is 2. The first-order valence-electron chi connectivity index (χ1n) is 16.2. The maximum absolute atomic E-state index is 13.8. The fraction of sp³-hybridized carbons (Fsp3) is 0.471. The minimum absolute atomic E-state index is 0.0166. The predicted octanol–water partition coefficient (Wildman–Crippen LogP) is 8.06. The number of carboxylic acid groups (broad SMARTS) is 1. The summed E-state index contributed by atoms with van der Waals surface area (Å²) in [4.78, 5) is 32.8. The highest BCUT2D eigenvalue weighted by Crippen LogP contribution is 2.44. The van der Waals surface area contributed by atoms with Crippen molar-refractivity contribution in [2.24, 2.45) is 0 Å². The number of methoxy groups -OCH3 is 1. The third-order valence-corrected chi connectivity index (χ3v) is 8.39. The molecule has 0 saturated heterocycles. The normalized spacial score (nSPS) is 17.5. The van der Waals surface area contributed by atoms with Crippen LogP contribution in [0, 0.1) is 0 Å². The highest BCUT2D eigenvalue weighted by atomic mass is 19.4. The summed E-state index contributed by atoms with van der Waals surface area (Å²) >= 11 is 0. The van der Waals surface area contributed by atoms with Crippen LogP contribution >= 0.6 is 0 Å². The molecule has 2 aromatic carbocycles. The SMILES string of the molecule is CC[C@]1(C(=O)OCCCCC(=O)O)C[C@H](Nc2ncc(OCCOC)c(Cc3cc(C(F)(F)F)cc(C(F)(F)F)c3)n2)c2cc(C(F)(F)F)ccc2N1. The van der Waals surface area contributed by atoms with Gasteiger partial charge in [-0.15, -0.1) is 0 Å². The van der Waals surface area contributed by atoms with E-state index in [2.05, 4.69) is 20.6 Å². The first-order chi connectivity index (χ1) is 24.8. The maximum Gasteiger partial charge on any atom is 0.416 e. The summed E-state index contributed by atoms with van der Waals surface area (Å²) in [6.45, 7) is 1.45. The molecule has 1 aliphatic heterocycles. The van der Waals surface area contributed by atoms with Crippen molar-refractivity contribution < 1.29 is 68.4 Å². The van der Waals surface area contributed by atoms with Crippen LogP contribution in [0.5, 0.6) is 5.75 Å². The number of fused-ring (bicyclic) bond motifs is 1. The number of carboxylic acids is 1. The van der Waals surface area contributed by atoms with Gasteiger partial charge >= 0.3 is 30.5 Å². The van der Waals surface area contributed by atoms with Gasteiger partial charge in [-0.25, -0.2) is 14.8 Å². The summed E-state index contributed by atoms with van der Waals surface area (Å²) < 4.78 is 139. The van der Waals surface area contributed by atoms with Crippen LogP contribution in [0.3, 0.4) is 0 Å². The molecule has 0 bridgehead atoms. The van der Waals surface area contributed by atoms with Crippen LogP contribution in [0.15, 0.2) is 42.6 Å². The van der Waals surface area contributed by atoms with Crippen molar-refractivity contribution in [1.29, 1.82) is 0 Å². The van der Waals surface area contributed by atoms with Gasteiger partial charge in [0.2, 0.25) is 5.95 Å². The molecule has 0 amide bonds. The highest BCUT2D eigenvalue weighted by Gasteiger charge is 2.46. The van der Waals surface area contributed by atoms with Gasteiger partial charge in [-0.3, -0.25) is 4.79 Å². The van der Waals surface area contributed by atoms with Gasteiger partial charge in [-0.05, 0) is 66.8 Å². The Labute approximate surface area is 297 Å². The second-order valence-electron chi connectivity index (χ2n) is 12.2. The van der Waals surface area contributed by atoms with E-state index in [0.29, 0.717) is 12.1 Å². The van der Waals surface area contributed by atoms with E-state index in [1.165, 1.54) is 7.11 Å². The van der Waals surface area contributed by atoms with Crippen molar-refractivity contribution in [2.75, 3.05) is 37.6 Å². The van der Waals surface area contributed by atoms with Gasteiger partial charge in [0.1, 0.15) is 12.1 Å². The number of nitrogens with zero attached hydrogens (tertiary/aromatic N) is 2. The molecule has 0 unspecified atom stereocenters. The van der Waals surface area contributed by atoms with Gasteiger partial charge in [0.15, 0.2) is 5.75 Å². The number of esters is 1. The van der Waals surface area contributed by atoms with E-state index in [1.807, 2.05) is 0 Å². The van der Waals surface area contributed by atoms with Crippen molar-refractivity contribution in [2.45, 2.75) is 75.6 Å². The molecule has 290 valence electrons. The van der Waals surface area contributed by atoms with Crippen LogP contribution in [0.2, 0.25) is 0 Å². The zero-order valence-corrected chi connectivity index (χ0v) is 28.3. The van der Waals surface area contributed by atoms with Crippen molar-refractivity contribution >= 4 is 23.6 Å². The third-order valence-electron chi connectivity index (χ3n) is 8.39. The van der Waals surface area contributed by atoms with E-state index in [4.69, 9.17) is 19.3 Å². The molecule has 0 spiro atoms. The van der Waals surface area contributed by atoms with Gasteiger partial charge < -0.3 is 30.0 Å². The Morgan fingerprint density at radius 1 is 0.925 bits per heavy atom. The van der Waals surface area contributed by atoms with Crippen molar-refractivity contribution in [1.82, 2.24) is 9.97 Å². The Morgan fingerprint density at radius 3 is 2.17 bits per heavy atom. The van der Waals surface area contributed by atoms with E-state index >= 15 is 0 Å². The smallest absolute Gasteiger partial charge is 0.416 e. The van der Waals surface area contributed by atoms with Gasteiger partial charge in [-0.2, -0.15) is 39.5 Å². The van der Waals surface area contributed by atoms with Gasteiger partial charge in [-0.1, -0.05) is 6.92 Å². The number of hydrogen-bond acceptors (Lipinski definition) is 9. The number of carbonyl (C=O) groups is 2. The third kappa shape index (κ3) is 10.6. The lowest BCUT2D eigenvalue weighted by Crippen LogP contribution is -2.51. The van der Waals surface area contributed by atoms with Crippen molar-refractivity contribution in [3.8, 4) is 5.75 Å². The van der Waals surface area contributed by atoms with Crippen LogP contribution < -0.4 is 15.4 Å². The van der Waals surface area contributed by atoms with Gasteiger partial charge in [0.05, 0.1) is 47.8 Å². The molecule has 19 heteroatoms. The summed E-state index contributed by atoms with van der Waals surface area (Å²) in [7, 11) is 1.36. The lowest BCUT2D eigenvalue weighted by atomic mass is 9.80. The molecule has 0 aliphatic carbocycles. The standard InChI is InChI=1S/C34H35F9N4O6/c1-3-31(29(50)53-9-5-4-6-28(48)49)17-26(23-16-20(32(35,36)37)7-8-24(23)47-31)46-30-44-18-27(52-11-10-51-2)25(45-30)14-19-12-21(33(38,39)40)15-22(13-19)34(41,42)43/h7-8,12-13,15-16,18,26,47H,3-6,9-11,14,17H2,1-2H3,(H,48,49)(H,44,45,46)/t26-,31+/m0/s1. The van der Waals surface area contributed by atoms with Gasteiger partial charge in [0, 0.05) is 32.1 Å². The molecule has 3 aromatic rings. The van der Waals surface area contributed by atoms with Crippen LogP contribution in [-0.2, 0) is 44.0 Å². The number of ether oxygens (including phenoxy) is 3. The summed E-state index contributed by atoms with van der Waals surface area (Å²) in [5.74, 6) is -2.19. The largest absolute Gasteiger partial charge is 0.488 e. The highest BCUT2D eigenvalue weighted by molar-refractivity contribution is 5.86. The number of rotatable bonds is 15. The molecule has 2 atom stereocenters. The molecule has 53 heavy (non-hydrogen) atoms. The lowest BCUT2D eigenvalue weighted by Gasteiger charge is -2.41. The van der Waals surface area contributed by atoms with Crippen LogP contribution in [-0.4, -0.2) is 59.5 Å². The number of halogens is 9. The van der Waals surface area contributed by atoms with E-state index in [1.54, 1.807) is 6.92 Å². The van der Waals surface area contributed by atoms with Crippen LogP contribution in [0.1, 0.15) is 78.6 Å². The van der Waals surface area contributed by atoms with E-state index in [-0.39, 0.29) is 86.6 Å². The Balaban J connectivity index is 1.74. The number of aromatic nitrogens is 2. The molecule has 2 heterocycles. The van der Waals surface area contributed by atoms with E-state index in [9.17, 15) is 49.1 Å². The molecule has 0 radical (unpaired) electrons. The Morgan fingerprint density at radius 2 is 1.58 bits per heavy atom. The zero-order chi connectivity index (χ0) is 39.2. The number of carbonyl (C=O) groups excluding carboxylic acids is 1. The lowest BCUT2D eigenvalue weighted by molar-refractivity contribution is -0.150. The van der Waals surface area contributed by atoms with Gasteiger partial charge in [0.25, 0.3) is 0 Å². The molecular weight excluding hydrogens is 731 g/mol. The first kappa shape index (κ1) is 41.0. The number of anilines is 2. The number of benzene rings is 2. The molecule has 3 N–H and O–H groups in total. The second-order valence-corrected chi connectivity index (χ2v) is 12.2. The van der Waals surface area contributed by atoms with E-state index < -0.39 is 70.7 Å². The Bertz CT molecular complexity index is 1740.